The molecule has 1 saturated heterocycles. The summed E-state index contributed by atoms with van der Waals surface area (Å²) in [7, 11) is -1.00. The van der Waals surface area contributed by atoms with Crippen molar-refractivity contribution in [2.45, 2.75) is 54.1 Å². The summed E-state index contributed by atoms with van der Waals surface area (Å²) in [5.74, 6) is 0.920. The third kappa shape index (κ3) is 2.82. The Kier molecular flexibility index (Phi) is 6.11. The van der Waals surface area contributed by atoms with Gasteiger partial charge in [0.05, 0.1) is 0 Å². The van der Waals surface area contributed by atoms with Crippen LogP contribution in [-0.4, -0.2) is 8.07 Å². The fraction of sp³-hybridized carbons (Fsp3) is 0.556. The third-order valence-corrected chi connectivity index (χ3v) is 17.7. The first-order valence-corrected chi connectivity index (χ1v) is 12.7. The van der Waals surface area contributed by atoms with Gasteiger partial charge in [-0.05, 0) is 0 Å². The second kappa shape index (κ2) is 7.15. The maximum atomic E-state index is 2.75. The fourth-order valence-electron chi connectivity index (χ4n) is 4.86. The van der Waals surface area contributed by atoms with Crippen LogP contribution in [0.25, 0.3) is 0 Å². The molecule has 0 aromatic rings. The molecule has 0 amide bonds. The molecule has 0 aromatic carbocycles. The van der Waals surface area contributed by atoms with Crippen molar-refractivity contribution < 1.29 is 44.0 Å². The van der Waals surface area contributed by atoms with Crippen LogP contribution in [0, 0.1) is 5.92 Å². The molecule has 4 rings (SSSR count). The molecule has 2 atom stereocenters. The van der Waals surface area contributed by atoms with Crippen LogP contribution in [0.15, 0.2) is 45.9 Å². The van der Waals surface area contributed by atoms with E-state index in [1.54, 1.807) is 18.5 Å². The van der Waals surface area contributed by atoms with Gasteiger partial charge in [-0.3, -0.25) is 0 Å². The van der Waals surface area contributed by atoms with Gasteiger partial charge in [-0.2, -0.15) is 0 Å². The van der Waals surface area contributed by atoms with Gasteiger partial charge in [-0.1, -0.05) is 0 Å². The van der Waals surface area contributed by atoms with Gasteiger partial charge in [-0.25, -0.2) is 0 Å². The van der Waals surface area contributed by atoms with Gasteiger partial charge in [0.2, 0.25) is 0 Å². The summed E-state index contributed by atoms with van der Waals surface area (Å²) in [6.45, 7) is 2.75. The Bertz CT molecular complexity index is 545. The van der Waals surface area contributed by atoms with Crippen LogP contribution in [0.5, 0.6) is 0 Å². The Labute approximate surface area is 157 Å². The number of hydrogen-bond donors (Lipinski definition) is 0. The molecule has 2 unspecified atom stereocenters. The zero-order valence-electron chi connectivity index (χ0n) is 13.2. The molecule has 0 nitrogen and oxygen atoms in total. The van der Waals surface area contributed by atoms with Crippen molar-refractivity contribution in [1.82, 2.24) is 0 Å². The second-order valence-electron chi connectivity index (χ2n) is 7.29. The predicted molar refractivity (Wildman–Crippen MR) is 84.9 cm³/mol. The molecule has 2 fully saturated rings. The molecule has 0 aromatic heterocycles. The Morgan fingerprint density at radius 1 is 1.14 bits per heavy atom. The number of fused-ring (bicyclic) bond motifs is 1. The van der Waals surface area contributed by atoms with Crippen molar-refractivity contribution >= 4 is 8.07 Å². The number of hydrogen-bond acceptors (Lipinski definition) is 0. The predicted octanol–water partition coefficient (Wildman–Crippen LogP) is -0.603. The van der Waals surface area contributed by atoms with Gasteiger partial charge < -0.3 is 24.8 Å². The summed E-state index contributed by atoms with van der Waals surface area (Å²) in [6, 6.07) is 3.23. The summed E-state index contributed by atoms with van der Waals surface area (Å²) in [4.78, 5) is 0. The van der Waals surface area contributed by atoms with Gasteiger partial charge in [-0.15, -0.1) is 0 Å². The first kappa shape index (κ1) is 18.8. The topological polar surface area (TPSA) is 0 Å². The number of rotatable bonds is 3. The van der Waals surface area contributed by atoms with Gasteiger partial charge >= 0.3 is 133 Å². The van der Waals surface area contributed by atoms with Crippen molar-refractivity contribution in [3.8, 4) is 0 Å². The molecular formula is C18H24Cl2SiTi. The SMILES string of the molecule is C[Si]1([C]2([Ti+2][C]3=CC=CC3)CCC3CC=CC=C32)CCC1.[Cl-].[Cl-]. The second-order valence-corrected chi connectivity index (χ2v) is 15.8. The van der Waals surface area contributed by atoms with Crippen molar-refractivity contribution in [1.29, 1.82) is 0 Å². The van der Waals surface area contributed by atoms with Crippen molar-refractivity contribution in [2.24, 2.45) is 5.92 Å². The van der Waals surface area contributed by atoms with Crippen molar-refractivity contribution in [3.63, 3.8) is 0 Å². The molecule has 22 heavy (non-hydrogen) atoms. The van der Waals surface area contributed by atoms with E-state index in [-0.39, 0.29) is 44.0 Å². The van der Waals surface area contributed by atoms with Crippen molar-refractivity contribution in [2.75, 3.05) is 0 Å². The summed E-state index contributed by atoms with van der Waals surface area (Å²) in [5, 5.41) is 0. The molecule has 0 N–H and O–H groups in total. The van der Waals surface area contributed by atoms with Crippen LogP contribution in [0.1, 0.15) is 32.1 Å². The summed E-state index contributed by atoms with van der Waals surface area (Å²) in [5.41, 5.74) is 1.93. The Morgan fingerprint density at radius 2 is 1.91 bits per heavy atom. The van der Waals surface area contributed by atoms with Crippen molar-refractivity contribution in [3.05, 3.63) is 45.9 Å². The zero-order chi connectivity index (χ0) is 13.6. The molecule has 4 aliphatic rings. The quantitative estimate of drug-likeness (QED) is 0.568. The Hall–Kier alpha value is 0.471. The first-order chi connectivity index (χ1) is 9.74. The van der Waals surface area contributed by atoms with Gasteiger partial charge in [0.25, 0.3) is 0 Å². The summed E-state index contributed by atoms with van der Waals surface area (Å²) >= 11 is 0.0361. The molecule has 1 heterocycles. The van der Waals surface area contributed by atoms with Crippen LogP contribution in [-0.2, 0) is 19.2 Å². The fourth-order valence-corrected chi connectivity index (χ4v) is 15.0. The van der Waals surface area contributed by atoms with Crippen LogP contribution < -0.4 is 24.8 Å². The number of allylic oxidation sites excluding steroid dienone is 8. The van der Waals surface area contributed by atoms with E-state index in [9.17, 15) is 0 Å². The van der Waals surface area contributed by atoms with E-state index in [0.717, 1.165) is 9.26 Å². The monoisotopic (exact) mass is 386 g/mol. The minimum atomic E-state index is -1.00. The van der Waals surface area contributed by atoms with E-state index in [4.69, 9.17) is 0 Å². The third-order valence-electron chi connectivity index (χ3n) is 6.27. The van der Waals surface area contributed by atoms with E-state index in [0.29, 0.717) is 0 Å². The van der Waals surface area contributed by atoms with Gasteiger partial charge in [0, 0.05) is 0 Å². The first-order valence-electron chi connectivity index (χ1n) is 8.25. The molecule has 0 radical (unpaired) electrons. The minimum Gasteiger partial charge on any atom is -1.00 e. The maximum absolute atomic E-state index is 2.75. The van der Waals surface area contributed by atoms with Crippen LogP contribution in [0.2, 0.25) is 22.0 Å². The molecule has 118 valence electrons. The average molecular weight is 387 g/mol. The number of halogens is 2. The maximum Gasteiger partial charge on any atom is -1.00 e. The molecule has 4 heteroatoms. The smallest absolute Gasteiger partial charge is 1.00 e. The summed E-state index contributed by atoms with van der Waals surface area (Å²) in [6.07, 6.45) is 21.7. The molecule has 3 aliphatic carbocycles. The zero-order valence-corrected chi connectivity index (χ0v) is 17.3. The molecule has 1 saturated carbocycles. The largest absolute Gasteiger partial charge is 1.00 e. The minimum absolute atomic E-state index is 0. The van der Waals surface area contributed by atoms with E-state index < -0.39 is 8.07 Å². The molecular weight excluding hydrogens is 363 g/mol. The van der Waals surface area contributed by atoms with Crippen LogP contribution >= 0.6 is 0 Å². The Morgan fingerprint density at radius 3 is 2.55 bits per heavy atom. The van der Waals surface area contributed by atoms with E-state index in [1.807, 2.05) is 9.45 Å². The van der Waals surface area contributed by atoms with E-state index in [2.05, 4.69) is 43.0 Å². The standard InChI is InChI=1S/C13H19Si.C5H5.2ClH.Ti/c1-14(9-4-10-14)13-8-7-11-5-2-3-6-12(11)13;1-2-4-5-3-1;;;/h2-3,6,11H,4-5,7-10H2,1H3;1-3H,4H2;2*1H;/q;;;;+2/p-2. The van der Waals surface area contributed by atoms with Gasteiger partial charge in [0.15, 0.2) is 0 Å². The van der Waals surface area contributed by atoms with E-state index in [1.165, 1.54) is 25.7 Å². The molecule has 1 aliphatic heterocycles. The normalized spacial score (nSPS) is 33.6. The molecule has 0 bridgehead atoms. The van der Waals surface area contributed by atoms with Gasteiger partial charge in [0.1, 0.15) is 0 Å². The average Bonchev–Trinajstić information content (AvgIpc) is 3.06. The van der Waals surface area contributed by atoms with Crippen LogP contribution in [0.4, 0.5) is 0 Å². The van der Waals surface area contributed by atoms with Crippen LogP contribution in [0.3, 0.4) is 0 Å². The van der Waals surface area contributed by atoms with E-state index >= 15 is 0 Å². The summed E-state index contributed by atoms with van der Waals surface area (Å²) < 4.78 is 2.58. The molecule has 0 spiro atoms. The Balaban J connectivity index is 0.000000882.